The van der Waals surface area contributed by atoms with Gasteiger partial charge in [-0.1, -0.05) is 23.7 Å². The van der Waals surface area contributed by atoms with E-state index in [-0.39, 0.29) is 23.1 Å². The highest BCUT2D eigenvalue weighted by Crippen LogP contribution is 2.39. The number of rotatable bonds is 8. The van der Waals surface area contributed by atoms with Gasteiger partial charge in [0.25, 0.3) is 5.56 Å². The number of aromatic nitrogens is 2. The Hall–Kier alpha value is -4.83. The van der Waals surface area contributed by atoms with Gasteiger partial charge >= 0.3 is 5.97 Å². The van der Waals surface area contributed by atoms with Crippen LogP contribution in [0.25, 0.3) is 33.5 Å². The van der Waals surface area contributed by atoms with E-state index in [0.717, 1.165) is 10.1 Å². The van der Waals surface area contributed by atoms with Crippen LogP contribution in [0.4, 0.5) is 0 Å². The number of carboxylic acids is 1. The van der Waals surface area contributed by atoms with E-state index in [1.807, 2.05) is 0 Å². The Bertz CT molecular complexity index is 1780. The topological polar surface area (TPSA) is 125 Å². The predicted octanol–water partition coefficient (Wildman–Crippen LogP) is 5.21. The highest BCUT2D eigenvalue weighted by Gasteiger charge is 2.21. The zero-order chi connectivity index (χ0) is 27.7. The van der Waals surface area contributed by atoms with Crippen LogP contribution in [0.5, 0.6) is 17.2 Å². The van der Waals surface area contributed by atoms with Crippen molar-refractivity contribution >= 4 is 45.7 Å². The van der Waals surface area contributed by atoms with Gasteiger partial charge in [0.15, 0.2) is 23.4 Å². The number of halogens is 1. The number of ether oxygens (including phenoxy) is 3. The van der Waals surface area contributed by atoms with Gasteiger partial charge in [-0.25, -0.2) is 9.78 Å². The Balaban J connectivity index is 1.64. The van der Waals surface area contributed by atoms with Gasteiger partial charge < -0.3 is 23.7 Å². The number of para-hydroxylation sites is 1. The monoisotopic (exact) mass is 547 g/mol. The van der Waals surface area contributed by atoms with E-state index in [1.165, 1.54) is 27.4 Å². The maximum Gasteiger partial charge on any atom is 0.344 e. The van der Waals surface area contributed by atoms with Gasteiger partial charge in [-0.3, -0.25) is 4.79 Å². The van der Waals surface area contributed by atoms with Crippen molar-refractivity contribution in [2.24, 2.45) is 5.10 Å². The van der Waals surface area contributed by atoms with E-state index in [1.54, 1.807) is 60.7 Å². The van der Waals surface area contributed by atoms with Crippen LogP contribution in [0.2, 0.25) is 5.02 Å². The number of benzene rings is 3. The quantitative estimate of drug-likeness (QED) is 0.262. The summed E-state index contributed by atoms with van der Waals surface area (Å²) in [4.78, 5) is 29.5. The molecule has 39 heavy (non-hydrogen) atoms. The van der Waals surface area contributed by atoms with Crippen molar-refractivity contribution in [2.45, 2.75) is 13.0 Å². The lowest BCUT2D eigenvalue weighted by molar-refractivity contribution is -0.144. The van der Waals surface area contributed by atoms with Crippen molar-refractivity contribution in [3.8, 4) is 28.8 Å². The Morgan fingerprint density at radius 2 is 1.82 bits per heavy atom. The normalized spacial score (nSPS) is 12.2. The highest BCUT2D eigenvalue weighted by molar-refractivity contribution is 6.31. The predicted molar refractivity (Wildman–Crippen MR) is 146 cm³/mol. The second-order valence-electron chi connectivity index (χ2n) is 8.46. The molecule has 0 spiro atoms. The number of nitrogens with zero attached hydrogens (tertiary/aromatic N) is 3. The van der Waals surface area contributed by atoms with E-state index in [2.05, 4.69) is 10.1 Å². The second kappa shape index (κ2) is 10.5. The van der Waals surface area contributed by atoms with Crippen LogP contribution in [0, 0.1) is 0 Å². The smallest absolute Gasteiger partial charge is 0.344 e. The van der Waals surface area contributed by atoms with Crippen molar-refractivity contribution in [3.63, 3.8) is 0 Å². The molecule has 2 aromatic heterocycles. The first-order valence-corrected chi connectivity index (χ1v) is 12.1. The second-order valence-corrected chi connectivity index (χ2v) is 8.90. The molecule has 2 heterocycles. The number of carbonyl (C=O) groups is 1. The summed E-state index contributed by atoms with van der Waals surface area (Å²) in [5, 5.41) is 15.3. The molecular formula is C28H22ClN3O7. The average Bonchev–Trinajstić information content (AvgIpc) is 3.35. The Morgan fingerprint density at radius 1 is 1.10 bits per heavy atom. The minimum atomic E-state index is -1.15. The summed E-state index contributed by atoms with van der Waals surface area (Å²) >= 11 is 6.14. The summed E-state index contributed by atoms with van der Waals surface area (Å²) in [5.74, 6) is -0.0543. The molecule has 0 aliphatic rings. The molecule has 0 bridgehead atoms. The summed E-state index contributed by atoms with van der Waals surface area (Å²) in [6.07, 6.45) is 0.284. The molecule has 1 atom stereocenters. The molecule has 5 rings (SSSR count). The molecule has 0 amide bonds. The molecule has 0 aliphatic heterocycles. The fourth-order valence-corrected chi connectivity index (χ4v) is 4.14. The maximum absolute atomic E-state index is 13.5. The van der Waals surface area contributed by atoms with Gasteiger partial charge in [-0.15, -0.1) is 0 Å². The molecule has 11 heteroatoms. The van der Waals surface area contributed by atoms with Crippen molar-refractivity contribution in [3.05, 3.63) is 81.6 Å². The number of hydrogen-bond acceptors (Lipinski definition) is 8. The molecule has 0 fully saturated rings. The fraction of sp³-hybridized carbons (Fsp3) is 0.143. The third-order valence-corrected chi connectivity index (χ3v) is 6.14. The summed E-state index contributed by atoms with van der Waals surface area (Å²) in [5.41, 5.74) is 1.15. The SMILES string of the molecule is COc1cc(C=Nn2c(-c3cc4cc(Cl)ccc4o3)nc3ccccc3c2=O)cc(OC)c1O[C@H](C)C(=O)O. The van der Waals surface area contributed by atoms with E-state index < -0.39 is 17.6 Å². The lowest BCUT2D eigenvalue weighted by Gasteiger charge is -2.17. The van der Waals surface area contributed by atoms with Gasteiger partial charge in [-0.05, 0) is 55.5 Å². The number of carboxylic acid groups (broad SMARTS) is 1. The lowest BCUT2D eigenvalue weighted by Crippen LogP contribution is -2.23. The third kappa shape index (κ3) is 5.01. The molecule has 0 radical (unpaired) electrons. The van der Waals surface area contributed by atoms with E-state index in [0.29, 0.717) is 32.8 Å². The van der Waals surface area contributed by atoms with Gasteiger partial charge in [0.05, 0.1) is 31.3 Å². The van der Waals surface area contributed by atoms with Crippen LogP contribution in [-0.4, -0.2) is 47.3 Å². The molecule has 0 aliphatic carbocycles. The van der Waals surface area contributed by atoms with E-state index in [9.17, 15) is 14.7 Å². The van der Waals surface area contributed by atoms with Crippen LogP contribution in [-0.2, 0) is 4.79 Å². The largest absolute Gasteiger partial charge is 0.493 e. The first-order chi connectivity index (χ1) is 18.8. The van der Waals surface area contributed by atoms with Crippen molar-refractivity contribution < 1.29 is 28.5 Å². The maximum atomic E-state index is 13.5. The van der Waals surface area contributed by atoms with Crippen LogP contribution in [0.3, 0.4) is 0 Å². The minimum absolute atomic E-state index is 0.123. The summed E-state index contributed by atoms with van der Waals surface area (Å²) in [6, 6.07) is 17.0. The van der Waals surface area contributed by atoms with Crippen molar-refractivity contribution in [1.29, 1.82) is 0 Å². The first-order valence-electron chi connectivity index (χ1n) is 11.7. The molecule has 1 N–H and O–H groups in total. The summed E-state index contributed by atoms with van der Waals surface area (Å²) < 4.78 is 23.5. The zero-order valence-corrected chi connectivity index (χ0v) is 21.8. The molecule has 0 saturated carbocycles. The van der Waals surface area contributed by atoms with Gasteiger partial charge in [0, 0.05) is 16.0 Å². The lowest BCUT2D eigenvalue weighted by atomic mass is 10.2. The van der Waals surface area contributed by atoms with Gasteiger partial charge in [0.2, 0.25) is 11.6 Å². The molecular weight excluding hydrogens is 526 g/mol. The zero-order valence-electron chi connectivity index (χ0n) is 21.0. The molecule has 198 valence electrons. The highest BCUT2D eigenvalue weighted by atomic mass is 35.5. The molecule has 0 saturated heterocycles. The van der Waals surface area contributed by atoms with Gasteiger partial charge in [0.1, 0.15) is 5.58 Å². The molecule has 0 unspecified atom stereocenters. The summed E-state index contributed by atoms with van der Waals surface area (Å²) in [6.45, 7) is 1.39. The molecule has 10 nitrogen and oxygen atoms in total. The number of aliphatic carboxylic acids is 1. The van der Waals surface area contributed by atoms with Crippen molar-refractivity contribution in [1.82, 2.24) is 9.66 Å². The fourth-order valence-electron chi connectivity index (χ4n) is 3.96. The number of methoxy groups -OCH3 is 2. The Labute approximate surface area is 226 Å². The third-order valence-electron chi connectivity index (χ3n) is 5.90. The van der Waals surface area contributed by atoms with Crippen LogP contribution in [0.15, 0.2) is 75.0 Å². The molecule has 3 aromatic carbocycles. The average molecular weight is 548 g/mol. The van der Waals surface area contributed by atoms with Crippen LogP contribution in [0.1, 0.15) is 12.5 Å². The van der Waals surface area contributed by atoms with Gasteiger partial charge in [-0.2, -0.15) is 9.78 Å². The van der Waals surface area contributed by atoms with E-state index in [4.69, 9.17) is 30.2 Å². The molecule has 5 aromatic rings. The standard InChI is InChI=1S/C28H22ClN3O7/c1-15(28(34)35)38-25-22(36-2)10-16(11-23(25)37-3)14-30-32-26(31-20-7-5-4-6-19(20)27(32)33)24-13-17-12-18(29)8-9-21(17)39-24/h4-15H,1-3H3,(H,34,35)/t15-/m1/s1. The van der Waals surface area contributed by atoms with Crippen LogP contribution >= 0.6 is 11.6 Å². The number of hydrogen-bond donors (Lipinski definition) is 1. The number of furan rings is 1. The Kier molecular flexibility index (Phi) is 6.95. The first kappa shape index (κ1) is 25.8. The van der Waals surface area contributed by atoms with Crippen LogP contribution < -0.4 is 19.8 Å². The Morgan fingerprint density at radius 3 is 2.51 bits per heavy atom. The minimum Gasteiger partial charge on any atom is -0.493 e. The van der Waals surface area contributed by atoms with Crippen molar-refractivity contribution in [2.75, 3.05) is 14.2 Å². The summed E-state index contributed by atoms with van der Waals surface area (Å²) in [7, 11) is 2.83. The number of fused-ring (bicyclic) bond motifs is 2. The van der Waals surface area contributed by atoms with E-state index >= 15 is 0 Å².